The Hall–Kier alpha value is -2.41. The van der Waals surface area contributed by atoms with Crippen molar-refractivity contribution in [2.75, 3.05) is 13.2 Å². The lowest BCUT2D eigenvalue weighted by Gasteiger charge is -2.16. The van der Waals surface area contributed by atoms with Crippen LogP contribution in [0.4, 0.5) is 0 Å². The summed E-state index contributed by atoms with van der Waals surface area (Å²) in [7, 11) is 0. The van der Waals surface area contributed by atoms with Crippen molar-refractivity contribution in [2.45, 2.75) is 26.0 Å². The molecule has 1 atom stereocenters. The molecule has 1 aromatic heterocycles. The smallest absolute Gasteiger partial charge is 0.328 e. The molecule has 1 unspecified atom stereocenters. The molecule has 7 nitrogen and oxygen atoms in total. The number of aromatic nitrogens is 1. The van der Waals surface area contributed by atoms with Gasteiger partial charge in [-0.25, -0.2) is 9.78 Å². The van der Waals surface area contributed by atoms with Gasteiger partial charge in [0.05, 0.1) is 19.3 Å². The fraction of sp³-hybridized carbons (Fsp3) is 0.400. The van der Waals surface area contributed by atoms with Gasteiger partial charge < -0.3 is 19.9 Å². The second-order valence-electron chi connectivity index (χ2n) is 4.71. The lowest BCUT2D eigenvalue weighted by molar-refractivity contribution is -0.140. The summed E-state index contributed by atoms with van der Waals surface area (Å²) in [5.74, 6) is -1.53. The molecule has 0 saturated carbocycles. The van der Waals surface area contributed by atoms with Crippen LogP contribution < -0.4 is 10.1 Å². The fourth-order valence-corrected chi connectivity index (χ4v) is 1.58. The Balaban J connectivity index is 2.81. The highest BCUT2D eigenvalue weighted by atomic mass is 16.5. The topological polar surface area (TPSA) is 97.8 Å². The lowest BCUT2D eigenvalue weighted by atomic mass is 10.2. The molecule has 0 aliphatic heterocycles. The highest BCUT2D eigenvalue weighted by Gasteiger charge is 2.23. The fourth-order valence-electron chi connectivity index (χ4n) is 1.58. The molecule has 0 radical (unpaired) electrons. The van der Waals surface area contributed by atoms with Gasteiger partial charge in [-0.15, -0.1) is 6.58 Å². The van der Waals surface area contributed by atoms with Gasteiger partial charge in [0, 0.05) is 6.20 Å². The van der Waals surface area contributed by atoms with Crippen molar-refractivity contribution >= 4 is 11.9 Å². The lowest BCUT2D eigenvalue weighted by Crippen LogP contribution is -2.44. The zero-order valence-corrected chi connectivity index (χ0v) is 12.6. The van der Waals surface area contributed by atoms with E-state index in [2.05, 4.69) is 16.9 Å². The molecular weight excluding hydrogens is 288 g/mol. The van der Waals surface area contributed by atoms with Crippen LogP contribution in [0.2, 0.25) is 0 Å². The predicted molar refractivity (Wildman–Crippen MR) is 79.9 cm³/mol. The maximum Gasteiger partial charge on any atom is 0.328 e. The number of nitrogens with zero attached hydrogens (tertiary/aromatic N) is 1. The summed E-state index contributed by atoms with van der Waals surface area (Å²) in [6, 6.07) is 2.06. The van der Waals surface area contributed by atoms with E-state index in [4.69, 9.17) is 14.6 Å². The van der Waals surface area contributed by atoms with Gasteiger partial charge in [0.25, 0.3) is 5.91 Å². The largest absolute Gasteiger partial charge is 0.489 e. The van der Waals surface area contributed by atoms with E-state index in [0.717, 1.165) is 0 Å². The third kappa shape index (κ3) is 5.53. The van der Waals surface area contributed by atoms with Crippen LogP contribution in [-0.2, 0) is 9.53 Å². The zero-order chi connectivity index (χ0) is 16.5. The summed E-state index contributed by atoms with van der Waals surface area (Å²) in [5, 5.41) is 11.5. The summed E-state index contributed by atoms with van der Waals surface area (Å²) >= 11 is 0. The van der Waals surface area contributed by atoms with E-state index in [1.807, 2.05) is 13.8 Å². The van der Waals surface area contributed by atoms with E-state index in [0.29, 0.717) is 5.75 Å². The van der Waals surface area contributed by atoms with Crippen molar-refractivity contribution in [2.24, 2.45) is 0 Å². The number of pyridine rings is 1. The number of carboxylic acids is 1. The second-order valence-corrected chi connectivity index (χ2v) is 4.71. The standard InChI is InChI=1S/C15H20N2O5/c1-4-8-21-9-11(15(19)20)17-14(18)13-12(22-10(2)3)6-5-7-16-13/h4-7,10-11H,1,8-9H2,2-3H3,(H,17,18)(H,19,20). The van der Waals surface area contributed by atoms with E-state index in [1.165, 1.54) is 12.3 Å². The van der Waals surface area contributed by atoms with Crippen molar-refractivity contribution in [3.05, 3.63) is 36.7 Å². The van der Waals surface area contributed by atoms with Crippen LogP contribution in [0.5, 0.6) is 5.75 Å². The Labute approximate surface area is 129 Å². The minimum absolute atomic E-state index is 0.0335. The molecule has 7 heteroatoms. The summed E-state index contributed by atoms with van der Waals surface area (Å²) in [5.41, 5.74) is 0.0335. The highest BCUT2D eigenvalue weighted by molar-refractivity contribution is 5.97. The molecular formula is C15H20N2O5. The van der Waals surface area contributed by atoms with E-state index < -0.39 is 17.9 Å². The van der Waals surface area contributed by atoms with Crippen LogP contribution >= 0.6 is 0 Å². The van der Waals surface area contributed by atoms with E-state index in [1.54, 1.807) is 12.1 Å². The van der Waals surface area contributed by atoms with Gasteiger partial charge in [0.2, 0.25) is 0 Å². The maximum absolute atomic E-state index is 12.2. The normalized spacial score (nSPS) is 11.8. The Morgan fingerprint density at radius 2 is 2.23 bits per heavy atom. The average molecular weight is 308 g/mol. The van der Waals surface area contributed by atoms with Gasteiger partial charge in [0.15, 0.2) is 17.5 Å². The van der Waals surface area contributed by atoms with Crippen LogP contribution in [-0.4, -0.2) is 47.3 Å². The van der Waals surface area contributed by atoms with Crippen molar-refractivity contribution < 1.29 is 24.2 Å². The molecule has 22 heavy (non-hydrogen) atoms. The molecule has 1 rings (SSSR count). The van der Waals surface area contributed by atoms with Crippen molar-refractivity contribution in [1.29, 1.82) is 0 Å². The Bertz CT molecular complexity index is 530. The van der Waals surface area contributed by atoms with Crippen molar-refractivity contribution in [3.63, 3.8) is 0 Å². The number of nitrogens with one attached hydrogen (secondary N) is 1. The Morgan fingerprint density at radius 1 is 1.50 bits per heavy atom. The number of rotatable bonds is 9. The zero-order valence-electron chi connectivity index (χ0n) is 12.6. The van der Waals surface area contributed by atoms with E-state index >= 15 is 0 Å². The number of hydrogen-bond donors (Lipinski definition) is 2. The molecule has 0 aromatic carbocycles. The molecule has 0 bridgehead atoms. The number of ether oxygens (including phenoxy) is 2. The third-order valence-corrected chi connectivity index (χ3v) is 2.47. The van der Waals surface area contributed by atoms with Crippen LogP contribution in [0.25, 0.3) is 0 Å². The van der Waals surface area contributed by atoms with Gasteiger partial charge in [-0.05, 0) is 26.0 Å². The SMILES string of the molecule is C=CCOCC(NC(=O)c1ncccc1OC(C)C)C(=O)O. The minimum atomic E-state index is -1.19. The summed E-state index contributed by atoms with van der Waals surface area (Å²) < 4.78 is 10.6. The quantitative estimate of drug-likeness (QED) is 0.526. The van der Waals surface area contributed by atoms with Crippen LogP contribution in [0.15, 0.2) is 31.0 Å². The number of carbonyl (C=O) groups excluding carboxylic acids is 1. The maximum atomic E-state index is 12.2. The molecule has 0 fully saturated rings. The second kappa shape index (κ2) is 8.78. The van der Waals surface area contributed by atoms with E-state index in [-0.39, 0.29) is 25.0 Å². The minimum Gasteiger partial charge on any atom is -0.489 e. The molecule has 1 heterocycles. The molecule has 1 aromatic rings. The molecule has 0 aliphatic rings. The first-order chi connectivity index (χ1) is 10.5. The van der Waals surface area contributed by atoms with Gasteiger partial charge in [-0.1, -0.05) is 6.08 Å². The summed E-state index contributed by atoms with van der Waals surface area (Å²) in [6.07, 6.45) is 2.79. The Kier molecular flexibility index (Phi) is 7.04. The summed E-state index contributed by atoms with van der Waals surface area (Å²) in [6.45, 7) is 7.13. The van der Waals surface area contributed by atoms with Crippen LogP contribution in [0.3, 0.4) is 0 Å². The molecule has 1 amide bonds. The first-order valence-electron chi connectivity index (χ1n) is 6.79. The summed E-state index contributed by atoms with van der Waals surface area (Å²) in [4.78, 5) is 27.3. The molecule has 0 saturated heterocycles. The van der Waals surface area contributed by atoms with Crippen LogP contribution in [0, 0.1) is 0 Å². The number of aliphatic carboxylic acids is 1. The molecule has 0 spiro atoms. The number of carboxylic acid groups (broad SMARTS) is 1. The predicted octanol–water partition coefficient (Wildman–Crippen LogP) is 1.25. The first-order valence-corrected chi connectivity index (χ1v) is 6.79. The van der Waals surface area contributed by atoms with Gasteiger partial charge in [0.1, 0.15) is 0 Å². The van der Waals surface area contributed by atoms with E-state index in [9.17, 15) is 9.59 Å². The number of hydrogen-bond acceptors (Lipinski definition) is 5. The highest BCUT2D eigenvalue weighted by Crippen LogP contribution is 2.17. The first kappa shape index (κ1) is 17.6. The van der Waals surface area contributed by atoms with Gasteiger partial charge >= 0.3 is 5.97 Å². The van der Waals surface area contributed by atoms with Crippen molar-refractivity contribution in [3.8, 4) is 5.75 Å². The molecule has 120 valence electrons. The van der Waals surface area contributed by atoms with Crippen LogP contribution in [0.1, 0.15) is 24.3 Å². The third-order valence-electron chi connectivity index (χ3n) is 2.47. The molecule has 2 N–H and O–H groups in total. The molecule has 0 aliphatic carbocycles. The van der Waals surface area contributed by atoms with Crippen molar-refractivity contribution in [1.82, 2.24) is 10.3 Å². The Morgan fingerprint density at radius 3 is 2.82 bits per heavy atom. The van der Waals surface area contributed by atoms with Gasteiger partial charge in [-0.3, -0.25) is 4.79 Å². The number of amides is 1. The monoisotopic (exact) mass is 308 g/mol. The van der Waals surface area contributed by atoms with Gasteiger partial charge in [-0.2, -0.15) is 0 Å². The number of carbonyl (C=O) groups is 2. The average Bonchev–Trinajstić information content (AvgIpc) is 2.46.